The molecule has 0 bridgehead atoms. The molecule has 1 saturated heterocycles. The van der Waals surface area contributed by atoms with Crippen LogP contribution in [0.15, 0.2) is 0 Å². The third-order valence-corrected chi connectivity index (χ3v) is 3.00. The number of likely N-dealkylation sites (tertiary alicyclic amines) is 1. The number of nitrogens with zero attached hydrogens (tertiary/aromatic N) is 3. The van der Waals surface area contributed by atoms with Crippen molar-refractivity contribution in [3.63, 3.8) is 0 Å². The van der Waals surface area contributed by atoms with Gasteiger partial charge in [-0.3, -0.25) is 9.59 Å². The standard InChI is InChI=1S/C11H18N4O2/c1-14(2)9-3-7-15(8-4-9)11(17)10(16)13-6-5-12/h9H,3-4,6-8H2,1-2H3,(H,13,16). The Kier molecular flexibility index (Phi) is 4.91. The fourth-order valence-corrected chi connectivity index (χ4v) is 1.92. The van der Waals surface area contributed by atoms with E-state index in [4.69, 9.17) is 5.26 Å². The molecule has 1 rings (SSSR count). The third kappa shape index (κ3) is 3.71. The van der Waals surface area contributed by atoms with Crippen molar-refractivity contribution in [2.45, 2.75) is 18.9 Å². The molecule has 6 heteroatoms. The van der Waals surface area contributed by atoms with Gasteiger partial charge in [-0.1, -0.05) is 0 Å². The van der Waals surface area contributed by atoms with Crippen LogP contribution in [0.3, 0.4) is 0 Å². The SMILES string of the molecule is CN(C)C1CCN(C(=O)C(=O)NCC#N)CC1. The van der Waals surface area contributed by atoms with Crippen molar-refractivity contribution in [2.24, 2.45) is 0 Å². The van der Waals surface area contributed by atoms with Gasteiger partial charge >= 0.3 is 11.8 Å². The minimum absolute atomic E-state index is 0.126. The summed E-state index contributed by atoms with van der Waals surface area (Å²) < 4.78 is 0. The molecule has 1 fully saturated rings. The van der Waals surface area contributed by atoms with E-state index >= 15 is 0 Å². The minimum atomic E-state index is -0.685. The van der Waals surface area contributed by atoms with Gasteiger partial charge in [-0.15, -0.1) is 0 Å². The Bertz CT molecular complexity index is 327. The lowest BCUT2D eigenvalue weighted by Crippen LogP contribution is -2.49. The van der Waals surface area contributed by atoms with Crippen LogP contribution in [0.2, 0.25) is 0 Å². The van der Waals surface area contributed by atoms with Gasteiger partial charge < -0.3 is 15.1 Å². The van der Waals surface area contributed by atoms with Crippen LogP contribution < -0.4 is 5.32 Å². The largest absolute Gasteiger partial charge is 0.335 e. The summed E-state index contributed by atoms with van der Waals surface area (Å²) in [5, 5.41) is 10.6. The minimum Gasteiger partial charge on any atom is -0.335 e. The maximum atomic E-state index is 11.7. The number of rotatable bonds is 2. The first-order chi connectivity index (χ1) is 8.06. The molecule has 0 spiro atoms. The average molecular weight is 238 g/mol. The Balaban J connectivity index is 2.41. The predicted molar refractivity (Wildman–Crippen MR) is 61.9 cm³/mol. The zero-order chi connectivity index (χ0) is 12.8. The molecule has 0 unspecified atom stereocenters. The van der Waals surface area contributed by atoms with Crippen molar-refractivity contribution in [2.75, 3.05) is 33.7 Å². The molecule has 1 heterocycles. The molecule has 0 aromatic rings. The summed E-state index contributed by atoms with van der Waals surface area (Å²) in [7, 11) is 4.03. The van der Waals surface area contributed by atoms with E-state index in [0.717, 1.165) is 12.8 Å². The Morgan fingerprint density at radius 1 is 1.41 bits per heavy atom. The number of nitrogens with one attached hydrogen (secondary N) is 1. The first-order valence-electron chi connectivity index (χ1n) is 5.66. The summed E-state index contributed by atoms with van der Waals surface area (Å²) in [6.45, 7) is 1.07. The highest BCUT2D eigenvalue weighted by Gasteiger charge is 2.27. The van der Waals surface area contributed by atoms with Gasteiger partial charge in [0, 0.05) is 19.1 Å². The second kappa shape index (κ2) is 6.21. The van der Waals surface area contributed by atoms with Gasteiger partial charge in [0.2, 0.25) is 0 Å². The molecule has 0 aromatic heterocycles. The maximum Gasteiger partial charge on any atom is 0.311 e. The molecule has 94 valence electrons. The van der Waals surface area contributed by atoms with E-state index in [1.165, 1.54) is 0 Å². The summed E-state index contributed by atoms with van der Waals surface area (Å²) in [4.78, 5) is 26.7. The van der Waals surface area contributed by atoms with E-state index in [1.807, 2.05) is 14.1 Å². The van der Waals surface area contributed by atoms with Crippen LogP contribution in [0.1, 0.15) is 12.8 Å². The van der Waals surface area contributed by atoms with Crippen molar-refractivity contribution in [1.29, 1.82) is 5.26 Å². The van der Waals surface area contributed by atoms with Crippen LogP contribution in [-0.2, 0) is 9.59 Å². The number of carbonyl (C=O) groups is 2. The Morgan fingerprint density at radius 2 is 2.00 bits per heavy atom. The van der Waals surface area contributed by atoms with Crippen molar-refractivity contribution in [1.82, 2.24) is 15.1 Å². The summed E-state index contributed by atoms with van der Waals surface area (Å²) in [5.41, 5.74) is 0. The molecule has 1 aliphatic heterocycles. The molecule has 17 heavy (non-hydrogen) atoms. The van der Waals surface area contributed by atoms with E-state index in [-0.39, 0.29) is 6.54 Å². The molecule has 0 atom stereocenters. The summed E-state index contributed by atoms with van der Waals surface area (Å²) in [6, 6.07) is 2.24. The van der Waals surface area contributed by atoms with Crippen LogP contribution in [-0.4, -0.2) is 61.4 Å². The van der Waals surface area contributed by atoms with Gasteiger partial charge in [-0.25, -0.2) is 0 Å². The van der Waals surface area contributed by atoms with Crippen LogP contribution in [0.25, 0.3) is 0 Å². The van der Waals surface area contributed by atoms with Gasteiger partial charge in [-0.2, -0.15) is 5.26 Å². The second-order valence-electron chi connectivity index (χ2n) is 4.33. The molecule has 1 aliphatic rings. The first-order valence-corrected chi connectivity index (χ1v) is 5.66. The zero-order valence-electron chi connectivity index (χ0n) is 10.3. The molecular weight excluding hydrogens is 220 g/mol. The molecule has 6 nitrogen and oxygen atoms in total. The van der Waals surface area contributed by atoms with Crippen LogP contribution in [0.4, 0.5) is 0 Å². The summed E-state index contributed by atoms with van der Waals surface area (Å²) in [5.74, 6) is -1.22. The number of hydrogen-bond donors (Lipinski definition) is 1. The number of piperidine rings is 1. The van der Waals surface area contributed by atoms with Crippen LogP contribution in [0, 0.1) is 11.3 Å². The topological polar surface area (TPSA) is 76.4 Å². The van der Waals surface area contributed by atoms with Crippen molar-refractivity contribution in [3.05, 3.63) is 0 Å². The van der Waals surface area contributed by atoms with Crippen molar-refractivity contribution >= 4 is 11.8 Å². The number of amides is 2. The van der Waals surface area contributed by atoms with Gasteiger partial charge in [0.05, 0.1) is 6.07 Å². The fourth-order valence-electron chi connectivity index (χ4n) is 1.92. The van der Waals surface area contributed by atoms with Gasteiger partial charge in [0.25, 0.3) is 0 Å². The lowest BCUT2D eigenvalue weighted by atomic mass is 10.0. The monoisotopic (exact) mass is 238 g/mol. The average Bonchev–Trinajstić information content (AvgIpc) is 2.35. The first kappa shape index (κ1) is 13.5. The molecule has 2 amide bonds. The van der Waals surface area contributed by atoms with Crippen LogP contribution >= 0.6 is 0 Å². The highest BCUT2D eigenvalue weighted by molar-refractivity contribution is 6.35. The van der Waals surface area contributed by atoms with Crippen molar-refractivity contribution in [3.8, 4) is 6.07 Å². The van der Waals surface area contributed by atoms with E-state index in [2.05, 4.69) is 10.2 Å². The summed E-state index contributed by atoms with van der Waals surface area (Å²) in [6.07, 6.45) is 1.76. The van der Waals surface area contributed by atoms with Gasteiger partial charge in [0.1, 0.15) is 6.54 Å². The number of nitriles is 1. The van der Waals surface area contributed by atoms with E-state index in [0.29, 0.717) is 19.1 Å². The van der Waals surface area contributed by atoms with E-state index < -0.39 is 11.8 Å². The highest BCUT2D eigenvalue weighted by atomic mass is 16.2. The van der Waals surface area contributed by atoms with Crippen LogP contribution in [0.5, 0.6) is 0 Å². The van der Waals surface area contributed by atoms with Crippen molar-refractivity contribution < 1.29 is 9.59 Å². The Hall–Kier alpha value is -1.61. The molecular formula is C11H18N4O2. The molecule has 0 saturated carbocycles. The van der Waals surface area contributed by atoms with E-state index in [1.54, 1.807) is 11.0 Å². The van der Waals surface area contributed by atoms with E-state index in [9.17, 15) is 9.59 Å². The zero-order valence-corrected chi connectivity index (χ0v) is 10.3. The number of carbonyl (C=O) groups excluding carboxylic acids is 2. The van der Waals surface area contributed by atoms with Gasteiger partial charge in [0.15, 0.2) is 0 Å². The van der Waals surface area contributed by atoms with Gasteiger partial charge in [-0.05, 0) is 26.9 Å². The normalized spacial score (nSPS) is 16.7. The number of hydrogen-bond acceptors (Lipinski definition) is 4. The molecule has 0 radical (unpaired) electrons. The predicted octanol–water partition coefficient (Wildman–Crippen LogP) is -0.821. The molecule has 0 aromatic carbocycles. The maximum absolute atomic E-state index is 11.7. The Morgan fingerprint density at radius 3 is 2.47 bits per heavy atom. The highest BCUT2D eigenvalue weighted by Crippen LogP contribution is 2.13. The lowest BCUT2D eigenvalue weighted by Gasteiger charge is -2.34. The molecule has 0 aliphatic carbocycles. The fraction of sp³-hybridized carbons (Fsp3) is 0.727. The molecule has 1 N–H and O–H groups in total. The second-order valence-corrected chi connectivity index (χ2v) is 4.33. The summed E-state index contributed by atoms with van der Waals surface area (Å²) >= 11 is 0. The smallest absolute Gasteiger partial charge is 0.311 e. The Labute approximate surface area is 101 Å². The lowest BCUT2D eigenvalue weighted by molar-refractivity contribution is -0.146. The quantitative estimate of drug-likeness (QED) is 0.503. The third-order valence-electron chi connectivity index (χ3n) is 3.00.